The van der Waals surface area contributed by atoms with Crippen LogP contribution in [-0.2, 0) is 28.6 Å². The van der Waals surface area contributed by atoms with E-state index in [1.807, 2.05) is 0 Å². The molecule has 0 heterocycles. The van der Waals surface area contributed by atoms with E-state index in [4.69, 9.17) is 14.2 Å². The van der Waals surface area contributed by atoms with E-state index in [1.165, 1.54) is 141 Å². The maximum Gasteiger partial charge on any atom is 0.306 e. The van der Waals surface area contributed by atoms with Gasteiger partial charge in [-0.15, -0.1) is 0 Å². The Morgan fingerprint density at radius 1 is 0.373 bits per heavy atom. The third-order valence-electron chi connectivity index (χ3n) is 10.0. The average Bonchev–Trinajstić information content (AvgIpc) is 3.11. The fraction of sp³-hybridized carbons (Fsp3) is 0.933. The van der Waals surface area contributed by atoms with Crippen LogP contribution in [0.25, 0.3) is 0 Å². The Morgan fingerprint density at radius 3 is 0.961 bits per heavy atom. The highest BCUT2D eigenvalue weighted by Crippen LogP contribution is 2.16. The molecule has 0 aromatic carbocycles. The van der Waals surface area contributed by atoms with Gasteiger partial charge in [0, 0.05) is 19.3 Å². The zero-order valence-corrected chi connectivity index (χ0v) is 34.6. The topological polar surface area (TPSA) is 78.9 Å². The van der Waals surface area contributed by atoms with Crippen molar-refractivity contribution < 1.29 is 28.6 Å². The first-order chi connectivity index (χ1) is 24.9. The van der Waals surface area contributed by atoms with Crippen molar-refractivity contribution in [3.63, 3.8) is 0 Å². The summed E-state index contributed by atoms with van der Waals surface area (Å²) in [5, 5.41) is 0. The lowest BCUT2D eigenvalue weighted by molar-refractivity contribution is -0.167. The van der Waals surface area contributed by atoms with Crippen LogP contribution >= 0.6 is 0 Å². The molecule has 0 radical (unpaired) electrons. The maximum absolute atomic E-state index is 12.7. The Hall–Kier alpha value is -1.59. The molecule has 6 heteroatoms. The molecule has 0 bridgehead atoms. The van der Waals surface area contributed by atoms with Crippen LogP contribution in [0.1, 0.15) is 246 Å². The first kappa shape index (κ1) is 49.4. The van der Waals surface area contributed by atoms with E-state index in [0.717, 1.165) is 63.7 Å². The molecule has 0 saturated heterocycles. The minimum absolute atomic E-state index is 0.0642. The molecule has 302 valence electrons. The number of hydrogen-bond donors (Lipinski definition) is 0. The molecular formula is C45H86O6. The molecule has 0 spiro atoms. The van der Waals surface area contributed by atoms with Gasteiger partial charge in [0.2, 0.25) is 0 Å². The van der Waals surface area contributed by atoms with Gasteiger partial charge in [-0.1, -0.05) is 207 Å². The molecule has 0 aromatic heterocycles. The van der Waals surface area contributed by atoms with Crippen LogP contribution in [0.4, 0.5) is 0 Å². The molecule has 0 saturated carbocycles. The van der Waals surface area contributed by atoms with E-state index in [2.05, 4.69) is 27.7 Å². The van der Waals surface area contributed by atoms with Crippen molar-refractivity contribution in [2.75, 3.05) is 13.2 Å². The summed E-state index contributed by atoms with van der Waals surface area (Å²) in [5.74, 6) is -0.0296. The smallest absolute Gasteiger partial charge is 0.306 e. The molecule has 51 heavy (non-hydrogen) atoms. The normalized spacial score (nSPS) is 11.9. The molecule has 1 atom stereocenters. The molecule has 0 amide bonds. The second kappa shape index (κ2) is 39.6. The molecule has 0 aliphatic heterocycles. The average molecular weight is 723 g/mol. The Balaban J connectivity index is 4.26. The minimum atomic E-state index is -0.757. The predicted molar refractivity (Wildman–Crippen MR) is 215 cm³/mol. The van der Waals surface area contributed by atoms with Gasteiger partial charge in [0.15, 0.2) is 6.10 Å². The van der Waals surface area contributed by atoms with Crippen LogP contribution in [0.3, 0.4) is 0 Å². The summed E-state index contributed by atoms with van der Waals surface area (Å²) >= 11 is 0. The standard InChI is InChI=1S/C45H86O6/c1-5-7-9-11-13-14-17-21-25-29-33-37-44(47)50-40-42(39-49-43(46)36-32-28-23-12-10-8-6-2)51-45(48)38-34-30-26-22-19-16-15-18-20-24-27-31-35-41(3)4/h41-42H,5-40H2,1-4H3/t42-/m1/s1. The summed E-state index contributed by atoms with van der Waals surface area (Å²) in [6.45, 7) is 8.95. The Morgan fingerprint density at radius 2 is 0.647 bits per heavy atom. The van der Waals surface area contributed by atoms with Gasteiger partial charge in [0.05, 0.1) is 0 Å². The SMILES string of the molecule is CCCCCCCCCCCCCC(=O)OC[C@@H](COC(=O)CCCCCCCCC)OC(=O)CCCCCCCCCCCCCCC(C)C. The van der Waals surface area contributed by atoms with Gasteiger partial charge in [-0.05, 0) is 25.2 Å². The quantitative estimate of drug-likeness (QED) is 0.0356. The van der Waals surface area contributed by atoms with Crippen LogP contribution in [0.15, 0.2) is 0 Å². The van der Waals surface area contributed by atoms with Crippen molar-refractivity contribution in [2.45, 2.75) is 252 Å². The highest BCUT2D eigenvalue weighted by molar-refractivity contribution is 5.71. The summed E-state index contributed by atoms with van der Waals surface area (Å²) < 4.78 is 16.6. The van der Waals surface area contributed by atoms with Crippen LogP contribution < -0.4 is 0 Å². The highest BCUT2D eigenvalue weighted by atomic mass is 16.6. The highest BCUT2D eigenvalue weighted by Gasteiger charge is 2.19. The molecule has 0 fully saturated rings. The fourth-order valence-electron chi connectivity index (χ4n) is 6.63. The number of carbonyl (C=O) groups excluding carboxylic acids is 3. The van der Waals surface area contributed by atoms with Gasteiger partial charge in [-0.3, -0.25) is 14.4 Å². The molecule has 0 unspecified atom stereocenters. The van der Waals surface area contributed by atoms with Crippen molar-refractivity contribution in [3.05, 3.63) is 0 Å². The van der Waals surface area contributed by atoms with Crippen molar-refractivity contribution in [1.29, 1.82) is 0 Å². The van der Waals surface area contributed by atoms with Crippen molar-refractivity contribution in [3.8, 4) is 0 Å². The molecule has 0 aliphatic carbocycles. The Labute approximate surface area is 317 Å². The zero-order valence-electron chi connectivity index (χ0n) is 34.6. The first-order valence-corrected chi connectivity index (χ1v) is 22.4. The third kappa shape index (κ3) is 39.5. The second-order valence-corrected chi connectivity index (χ2v) is 15.8. The minimum Gasteiger partial charge on any atom is -0.462 e. The molecular weight excluding hydrogens is 636 g/mol. The second-order valence-electron chi connectivity index (χ2n) is 15.8. The van der Waals surface area contributed by atoms with E-state index in [-0.39, 0.29) is 31.1 Å². The van der Waals surface area contributed by atoms with Crippen LogP contribution in [0, 0.1) is 5.92 Å². The zero-order chi connectivity index (χ0) is 37.5. The summed E-state index contributed by atoms with van der Waals surface area (Å²) in [6.07, 6.45) is 38.1. The maximum atomic E-state index is 12.7. The van der Waals surface area contributed by atoms with Gasteiger partial charge < -0.3 is 14.2 Å². The number of unbranched alkanes of at least 4 members (excludes halogenated alkanes) is 27. The van der Waals surface area contributed by atoms with Gasteiger partial charge in [-0.2, -0.15) is 0 Å². The lowest BCUT2D eigenvalue weighted by Gasteiger charge is -2.18. The third-order valence-corrected chi connectivity index (χ3v) is 10.0. The number of carbonyl (C=O) groups is 3. The number of esters is 3. The molecule has 6 nitrogen and oxygen atoms in total. The van der Waals surface area contributed by atoms with Crippen molar-refractivity contribution in [2.24, 2.45) is 5.92 Å². The molecule has 0 aliphatic rings. The first-order valence-electron chi connectivity index (χ1n) is 22.4. The van der Waals surface area contributed by atoms with Gasteiger partial charge in [0.1, 0.15) is 13.2 Å². The number of rotatable bonds is 40. The lowest BCUT2D eigenvalue weighted by atomic mass is 10.0. The number of hydrogen-bond acceptors (Lipinski definition) is 6. The van der Waals surface area contributed by atoms with Crippen molar-refractivity contribution >= 4 is 17.9 Å². The van der Waals surface area contributed by atoms with Gasteiger partial charge in [0.25, 0.3) is 0 Å². The van der Waals surface area contributed by atoms with Crippen LogP contribution in [-0.4, -0.2) is 37.2 Å². The van der Waals surface area contributed by atoms with Gasteiger partial charge >= 0.3 is 17.9 Å². The summed E-state index contributed by atoms with van der Waals surface area (Å²) in [6, 6.07) is 0. The van der Waals surface area contributed by atoms with Crippen LogP contribution in [0.5, 0.6) is 0 Å². The summed E-state index contributed by atoms with van der Waals surface area (Å²) in [5.41, 5.74) is 0. The van der Waals surface area contributed by atoms with Crippen molar-refractivity contribution in [1.82, 2.24) is 0 Å². The Kier molecular flexibility index (Phi) is 38.4. The molecule has 0 rings (SSSR count). The predicted octanol–water partition coefficient (Wildman–Crippen LogP) is 13.9. The number of ether oxygens (including phenoxy) is 3. The largest absolute Gasteiger partial charge is 0.462 e. The Bertz CT molecular complexity index is 766. The van der Waals surface area contributed by atoms with Crippen LogP contribution in [0.2, 0.25) is 0 Å². The molecule has 0 aromatic rings. The van der Waals surface area contributed by atoms with Gasteiger partial charge in [-0.25, -0.2) is 0 Å². The van der Waals surface area contributed by atoms with E-state index < -0.39 is 6.10 Å². The monoisotopic (exact) mass is 723 g/mol. The summed E-state index contributed by atoms with van der Waals surface area (Å²) in [7, 11) is 0. The van der Waals surface area contributed by atoms with E-state index in [9.17, 15) is 14.4 Å². The molecule has 0 N–H and O–H groups in total. The van der Waals surface area contributed by atoms with E-state index >= 15 is 0 Å². The van der Waals surface area contributed by atoms with E-state index in [0.29, 0.717) is 19.3 Å². The fourth-order valence-corrected chi connectivity index (χ4v) is 6.63. The summed E-state index contributed by atoms with van der Waals surface area (Å²) in [4.78, 5) is 37.5. The lowest BCUT2D eigenvalue weighted by Crippen LogP contribution is -2.30. The van der Waals surface area contributed by atoms with E-state index in [1.54, 1.807) is 0 Å².